The average Bonchev–Trinajstić information content (AvgIpc) is 3.36. The molecule has 0 spiro atoms. The Hall–Kier alpha value is -3.29. The molecule has 150 valence electrons. The third-order valence-corrected chi connectivity index (χ3v) is 6.38. The molecule has 0 radical (unpaired) electrons. The summed E-state index contributed by atoms with van der Waals surface area (Å²) in [5.41, 5.74) is 3.48. The molecule has 1 aliphatic carbocycles. The molecule has 3 aromatic rings. The van der Waals surface area contributed by atoms with Crippen molar-refractivity contribution in [3.8, 4) is 28.8 Å². The van der Waals surface area contributed by atoms with Gasteiger partial charge in [-0.15, -0.1) is 0 Å². The number of para-hydroxylation sites is 2. The molecule has 3 atom stereocenters. The van der Waals surface area contributed by atoms with Crippen LogP contribution >= 0.6 is 0 Å². The number of nitriles is 1. The Balaban J connectivity index is 1.28. The fourth-order valence-corrected chi connectivity index (χ4v) is 4.87. The molecule has 0 amide bonds. The second-order valence-electron chi connectivity index (χ2n) is 8.17. The van der Waals surface area contributed by atoms with Crippen LogP contribution in [-0.4, -0.2) is 23.5 Å². The molecule has 2 unspecified atom stereocenters. The van der Waals surface area contributed by atoms with Crippen LogP contribution in [0, 0.1) is 17.4 Å². The lowest BCUT2D eigenvalue weighted by Gasteiger charge is -2.21. The molecule has 1 saturated carbocycles. The Morgan fingerprint density at radius 1 is 0.933 bits per heavy atom. The molecule has 1 N–H and O–H groups in total. The van der Waals surface area contributed by atoms with Crippen molar-refractivity contribution in [3.63, 3.8) is 0 Å². The van der Waals surface area contributed by atoms with E-state index in [1.807, 2.05) is 53.4 Å². The summed E-state index contributed by atoms with van der Waals surface area (Å²) in [6.07, 6.45) is 4.72. The molecule has 2 bridgehead atoms. The molecule has 5 rings (SSSR count). The quantitative estimate of drug-likeness (QED) is 0.584. The van der Waals surface area contributed by atoms with E-state index in [-0.39, 0.29) is 0 Å². The van der Waals surface area contributed by atoms with Gasteiger partial charge < -0.3 is 15.0 Å². The molecule has 1 aliphatic heterocycles. The number of fused-ring (bicyclic) bond motifs is 2. The number of piperidine rings is 1. The zero-order valence-corrected chi connectivity index (χ0v) is 16.9. The molecule has 30 heavy (non-hydrogen) atoms. The number of likely N-dealkylation sites (tertiary alicyclic amines) is 1. The van der Waals surface area contributed by atoms with Crippen LogP contribution in [0.25, 0.3) is 11.1 Å². The highest BCUT2D eigenvalue weighted by Crippen LogP contribution is 2.37. The van der Waals surface area contributed by atoms with E-state index < -0.39 is 0 Å². The summed E-state index contributed by atoms with van der Waals surface area (Å²) in [7, 11) is 0. The van der Waals surface area contributed by atoms with Crippen molar-refractivity contribution in [2.75, 3.05) is 6.54 Å². The highest BCUT2D eigenvalue weighted by atomic mass is 16.5. The van der Waals surface area contributed by atoms with Crippen LogP contribution < -0.4 is 10.1 Å². The zero-order chi connectivity index (χ0) is 20.3. The first-order valence-corrected chi connectivity index (χ1v) is 10.6. The van der Waals surface area contributed by atoms with Crippen molar-refractivity contribution in [2.45, 2.75) is 31.5 Å². The predicted octanol–water partition coefficient (Wildman–Crippen LogP) is 5.18. The van der Waals surface area contributed by atoms with E-state index in [1.54, 1.807) is 0 Å². The lowest BCUT2D eigenvalue weighted by molar-refractivity contribution is 0.301. The van der Waals surface area contributed by atoms with Gasteiger partial charge in [0.1, 0.15) is 11.5 Å². The molecule has 4 nitrogen and oxygen atoms in total. The van der Waals surface area contributed by atoms with Gasteiger partial charge in [-0.3, -0.25) is 0 Å². The third kappa shape index (κ3) is 3.65. The minimum absolute atomic E-state index is 0.376. The summed E-state index contributed by atoms with van der Waals surface area (Å²) in [5, 5.41) is 13.0. The minimum Gasteiger partial charge on any atom is -0.457 e. The van der Waals surface area contributed by atoms with Gasteiger partial charge in [0.25, 0.3) is 0 Å². The summed E-state index contributed by atoms with van der Waals surface area (Å²) in [6.45, 7) is 1.75. The second-order valence-corrected chi connectivity index (χ2v) is 8.17. The fourth-order valence-electron chi connectivity index (χ4n) is 4.87. The predicted molar refractivity (Wildman–Crippen MR) is 118 cm³/mol. The Kier molecular flexibility index (Phi) is 5.13. The summed E-state index contributed by atoms with van der Waals surface area (Å²) >= 11 is 0. The van der Waals surface area contributed by atoms with E-state index in [4.69, 9.17) is 4.74 Å². The Morgan fingerprint density at radius 3 is 2.47 bits per heavy atom. The number of benzene rings is 3. The number of hydrogen-bond donors (Lipinski definition) is 1. The zero-order valence-electron chi connectivity index (χ0n) is 16.9. The largest absolute Gasteiger partial charge is 0.457 e. The van der Waals surface area contributed by atoms with Crippen molar-refractivity contribution in [1.82, 2.24) is 10.2 Å². The summed E-state index contributed by atoms with van der Waals surface area (Å²) in [6, 6.07) is 27.5. The number of nitrogens with one attached hydrogen (secondary N) is 1. The SMILES string of the molecule is N#CN1CC2CCC1[C@@H]2NCc1ccc(-c2ccccc2Oc2ccccc2)cc1. The first kappa shape index (κ1) is 18.7. The molecular weight excluding hydrogens is 370 g/mol. The van der Waals surface area contributed by atoms with Crippen LogP contribution in [0.3, 0.4) is 0 Å². The van der Waals surface area contributed by atoms with Gasteiger partial charge in [0.15, 0.2) is 6.19 Å². The van der Waals surface area contributed by atoms with Gasteiger partial charge in [0, 0.05) is 24.7 Å². The maximum atomic E-state index is 9.28. The molecular formula is C26H25N3O. The van der Waals surface area contributed by atoms with Gasteiger partial charge in [-0.1, -0.05) is 60.7 Å². The molecule has 2 fully saturated rings. The number of ether oxygens (including phenoxy) is 1. The normalized spacial score (nSPS) is 22.1. The number of hydrogen-bond acceptors (Lipinski definition) is 4. The lowest BCUT2D eigenvalue weighted by Crippen LogP contribution is -2.38. The molecule has 0 aromatic heterocycles. The van der Waals surface area contributed by atoms with Gasteiger partial charge in [-0.05, 0) is 48.1 Å². The van der Waals surface area contributed by atoms with E-state index in [2.05, 4.69) is 41.8 Å². The van der Waals surface area contributed by atoms with Crippen LogP contribution in [0.5, 0.6) is 11.5 Å². The standard InChI is InChI=1S/C26H25N3O/c27-18-29-17-21-14-15-24(29)26(21)28-16-19-10-12-20(13-11-19)23-8-4-5-9-25(23)30-22-6-2-1-3-7-22/h1-13,21,24,26,28H,14-17H2/t21?,24?,26-/m1/s1. The van der Waals surface area contributed by atoms with Crippen molar-refractivity contribution in [2.24, 2.45) is 5.92 Å². The first-order chi connectivity index (χ1) is 14.8. The van der Waals surface area contributed by atoms with E-state index >= 15 is 0 Å². The van der Waals surface area contributed by atoms with E-state index in [0.29, 0.717) is 18.0 Å². The second kappa shape index (κ2) is 8.22. The van der Waals surface area contributed by atoms with Crippen molar-refractivity contribution >= 4 is 0 Å². The van der Waals surface area contributed by atoms with Crippen molar-refractivity contribution in [1.29, 1.82) is 5.26 Å². The van der Waals surface area contributed by atoms with Crippen LogP contribution in [0.2, 0.25) is 0 Å². The molecule has 2 aliphatic rings. The van der Waals surface area contributed by atoms with Crippen LogP contribution in [0.15, 0.2) is 78.9 Å². The van der Waals surface area contributed by atoms with Gasteiger partial charge >= 0.3 is 0 Å². The molecule has 3 aromatic carbocycles. The Labute approximate surface area is 177 Å². The minimum atomic E-state index is 0.376. The molecule has 1 heterocycles. The van der Waals surface area contributed by atoms with E-state index in [1.165, 1.54) is 12.0 Å². The van der Waals surface area contributed by atoms with Crippen LogP contribution in [0.4, 0.5) is 0 Å². The van der Waals surface area contributed by atoms with Gasteiger partial charge in [-0.25, -0.2) is 0 Å². The summed E-state index contributed by atoms with van der Waals surface area (Å²) < 4.78 is 6.12. The van der Waals surface area contributed by atoms with Crippen LogP contribution in [0.1, 0.15) is 18.4 Å². The van der Waals surface area contributed by atoms with Crippen molar-refractivity contribution in [3.05, 3.63) is 84.4 Å². The Bertz CT molecular complexity index is 1040. The average molecular weight is 396 g/mol. The maximum absolute atomic E-state index is 9.28. The highest BCUT2D eigenvalue weighted by Gasteiger charge is 2.46. The van der Waals surface area contributed by atoms with Crippen molar-refractivity contribution < 1.29 is 4.74 Å². The highest BCUT2D eigenvalue weighted by molar-refractivity contribution is 5.71. The van der Waals surface area contributed by atoms with Crippen LogP contribution in [-0.2, 0) is 6.54 Å². The van der Waals surface area contributed by atoms with E-state index in [0.717, 1.165) is 42.1 Å². The fraction of sp³-hybridized carbons (Fsp3) is 0.269. The Morgan fingerprint density at radius 2 is 1.70 bits per heavy atom. The first-order valence-electron chi connectivity index (χ1n) is 10.6. The number of rotatable bonds is 6. The lowest BCUT2D eigenvalue weighted by atomic mass is 10.0. The third-order valence-electron chi connectivity index (χ3n) is 6.38. The van der Waals surface area contributed by atoms with Gasteiger partial charge in [-0.2, -0.15) is 5.26 Å². The molecule has 4 heteroatoms. The smallest absolute Gasteiger partial charge is 0.179 e. The number of nitrogens with zero attached hydrogens (tertiary/aromatic N) is 2. The van der Waals surface area contributed by atoms with E-state index in [9.17, 15) is 5.26 Å². The van der Waals surface area contributed by atoms with Gasteiger partial charge in [0.05, 0.1) is 6.04 Å². The van der Waals surface area contributed by atoms with Gasteiger partial charge in [0.2, 0.25) is 0 Å². The maximum Gasteiger partial charge on any atom is 0.179 e. The molecule has 1 saturated heterocycles. The summed E-state index contributed by atoms with van der Waals surface area (Å²) in [4.78, 5) is 1.96. The summed E-state index contributed by atoms with van der Waals surface area (Å²) in [5.74, 6) is 2.30. The monoisotopic (exact) mass is 395 g/mol. The topological polar surface area (TPSA) is 48.3 Å².